The second kappa shape index (κ2) is 9.67. The molecule has 0 aliphatic carbocycles. The van der Waals surface area contributed by atoms with Crippen LogP contribution in [0.1, 0.15) is 0 Å². The van der Waals surface area contributed by atoms with Gasteiger partial charge in [0.25, 0.3) is 0 Å². The van der Waals surface area contributed by atoms with Gasteiger partial charge in [-0.15, -0.1) is 0 Å². The zero-order chi connectivity index (χ0) is 33.4. The average Bonchev–Trinajstić information content (AvgIpc) is 3.59. The Morgan fingerprint density at radius 1 is 0.260 bits per heavy atom. The maximum absolute atomic E-state index is 15.2. The van der Waals surface area contributed by atoms with Gasteiger partial charge in [0, 0.05) is 12.1 Å². The zero-order valence-electron chi connectivity index (χ0n) is 26.2. The Labute approximate surface area is 282 Å². The van der Waals surface area contributed by atoms with E-state index in [2.05, 4.69) is 48.5 Å². The molecule has 0 N–H and O–H groups in total. The lowest BCUT2D eigenvalue weighted by molar-refractivity contribution is 0.583. The van der Waals surface area contributed by atoms with Crippen LogP contribution in [0.25, 0.3) is 108 Å². The highest BCUT2D eigenvalue weighted by molar-refractivity contribution is 6.42. The van der Waals surface area contributed by atoms with Crippen molar-refractivity contribution in [2.75, 3.05) is 0 Å². The van der Waals surface area contributed by atoms with E-state index in [1.807, 2.05) is 48.5 Å². The third kappa shape index (κ3) is 3.60. The number of halogens is 4. The van der Waals surface area contributed by atoms with E-state index in [4.69, 9.17) is 0 Å². The fourth-order valence-electron chi connectivity index (χ4n) is 8.87. The Balaban J connectivity index is 1.47. The molecule has 0 aliphatic heterocycles. The van der Waals surface area contributed by atoms with Gasteiger partial charge in [0.2, 0.25) is 0 Å². The van der Waals surface area contributed by atoms with Crippen LogP contribution in [0.2, 0.25) is 0 Å². The van der Waals surface area contributed by atoms with Crippen LogP contribution in [0.15, 0.2) is 133 Å². The Morgan fingerprint density at radius 3 is 1.28 bits per heavy atom. The first kappa shape index (κ1) is 27.7. The predicted octanol–water partition coefficient (Wildman–Crippen LogP) is 13.7. The average molecular weight is 651 g/mol. The van der Waals surface area contributed by atoms with Crippen molar-refractivity contribution >= 4 is 86.2 Å². The molecule has 0 unspecified atom stereocenters. The normalized spacial score (nSPS) is 12.4. The molecule has 0 fully saturated rings. The third-order valence-corrected chi connectivity index (χ3v) is 10.7. The molecule has 0 heterocycles. The second-order valence-electron chi connectivity index (χ2n) is 13.3. The fourth-order valence-corrected chi connectivity index (χ4v) is 8.87. The summed E-state index contributed by atoms with van der Waals surface area (Å²) in [6.45, 7) is 0. The molecule has 0 atom stereocenters. The highest BCUT2D eigenvalue weighted by atomic mass is 19.1. The van der Waals surface area contributed by atoms with Crippen molar-refractivity contribution in [1.82, 2.24) is 0 Å². The second-order valence-corrected chi connectivity index (χ2v) is 13.3. The SMILES string of the molecule is Fc1cc(F)cc(-c2c3cc4c(cc3c(-c3cc(F)cc(F)c3)c3c5cccc6cccc(c23)c65)c2cc3ccccc3c3cccc4c32)c1. The molecule has 0 saturated heterocycles. The maximum Gasteiger partial charge on any atom is 0.126 e. The lowest BCUT2D eigenvalue weighted by atomic mass is 9.85. The van der Waals surface area contributed by atoms with Crippen LogP contribution < -0.4 is 0 Å². The van der Waals surface area contributed by atoms with Crippen LogP contribution in [0.4, 0.5) is 17.6 Å². The van der Waals surface area contributed by atoms with Crippen LogP contribution >= 0.6 is 0 Å². The van der Waals surface area contributed by atoms with Crippen LogP contribution in [0.3, 0.4) is 0 Å². The minimum Gasteiger partial charge on any atom is -0.207 e. The van der Waals surface area contributed by atoms with Crippen molar-refractivity contribution in [2.45, 2.75) is 0 Å². The van der Waals surface area contributed by atoms with Gasteiger partial charge in [-0.2, -0.15) is 0 Å². The molecule has 0 amide bonds. The van der Waals surface area contributed by atoms with Crippen molar-refractivity contribution in [3.63, 3.8) is 0 Å². The van der Waals surface area contributed by atoms with Gasteiger partial charge in [0.05, 0.1) is 0 Å². The molecule has 0 radical (unpaired) electrons. The highest BCUT2D eigenvalue weighted by Crippen LogP contribution is 2.53. The van der Waals surface area contributed by atoms with Gasteiger partial charge in [-0.05, 0) is 151 Å². The molecule has 0 nitrogen and oxygen atoms in total. The van der Waals surface area contributed by atoms with Gasteiger partial charge in [0.15, 0.2) is 0 Å². The molecule has 4 heteroatoms. The van der Waals surface area contributed by atoms with Gasteiger partial charge in [-0.25, -0.2) is 17.6 Å². The lowest BCUT2D eigenvalue weighted by Gasteiger charge is -2.18. The minimum absolute atomic E-state index is 0.393. The Morgan fingerprint density at radius 2 is 0.700 bits per heavy atom. The van der Waals surface area contributed by atoms with Gasteiger partial charge < -0.3 is 0 Å². The molecular weight excluding hydrogens is 628 g/mol. The van der Waals surface area contributed by atoms with Gasteiger partial charge in [0.1, 0.15) is 23.3 Å². The van der Waals surface area contributed by atoms with Crippen LogP contribution in [-0.2, 0) is 0 Å². The van der Waals surface area contributed by atoms with Gasteiger partial charge in [-0.1, -0.05) is 78.9 Å². The predicted molar refractivity (Wildman–Crippen MR) is 200 cm³/mol. The van der Waals surface area contributed by atoms with Gasteiger partial charge >= 0.3 is 0 Å². The Hall–Kier alpha value is -6.26. The summed E-state index contributed by atoms with van der Waals surface area (Å²) >= 11 is 0. The largest absolute Gasteiger partial charge is 0.207 e. The van der Waals surface area contributed by atoms with E-state index >= 15 is 17.6 Å². The first-order chi connectivity index (χ1) is 24.4. The summed E-state index contributed by atoms with van der Waals surface area (Å²) < 4.78 is 60.6. The molecule has 11 aromatic carbocycles. The number of hydrogen-bond donors (Lipinski definition) is 0. The summed E-state index contributed by atoms with van der Waals surface area (Å²) in [5.74, 6) is -2.73. The molecule has 0 bridgehead atoms. The van der Waals surface area contributed by atoms with Crippen molar-refractivity contribution in [1.29, 1.82) is 0 Å². The van der Waals surface area contributed by atoms with Crippen molar-refractivity contribution in [3.8, 4) is 22.3 Å². The summed E-state index contributed by atoms with van der Waals surface area (Å²) in [5.41, 5.74) is 2.14. The molecular formula is C46H22F4. The zero-order valence-corrected chi connectivity index (χ0v) is 26.2. The Kier molecular flexibility index (Phi) is 5.35. The highest BCUT2D eigenvalue weighted by Gasteiger charge is 2.26. The molecule has 0 spiro atoms. The lowest BCUT2D eigenvalue weighted by Crippen LogP contribution is -1.92. The first-order valence-corrected chi connectivity index (χ1v) is 16.5. The minimum atomic E-state index is -0.684. The first-order valence-electron chi connectivity index (χ1n) is 16.5. The van der Waals surface area contributed by atoms with Gasteiger partial charge in [-0.3, -0.25) is 0 Å². The molecule has 0 aromatic heterocycles. The summed E-state index contributed by atoms with van der Waals surface area (Å²) in [6, 6.07) is 40.4. The van der Waals surface area contributed by atoms with E-state index in [-0.39, 0.29) is 0 Å². The van der Waals surface area contributed by atoms with E-state index in [0.717, 1.165) is 98.3 Å². The van der Waals surface area contributed by atoms with Crippen molar-refractivity contribution in [2.24, 2.45) is 0 Å². The summed E-state index contributed by atoms with van der Waals surface area (Å²) in [4.78, 5) is 0. The number of hydrogen-bond acceptors (Lipinski definition) is 0. The quantitative estimate of drug-likeness (QED) is 0.129. The molecule has 234 valence electrons. The summed E-state index contributed by atoms with van der Waals surface area (Å²) in [6.07, 6.45) is 0. The van der Waals surface area contributed by atoms with E-state index in [1.54, 1.807) is 0 Å². The van der Waals surface area contributed by atoms with Crippen LogP contribution in [0.5, 0.6) is 0 Å². The molecule has 11 rings (SSSR count). The summed E-state index contributed by atoms with van der Waals surface area (Å²) in [7, 11) is 0. The van der Waals surface area contributed by atoms with Crippen molar-refractivity contribution in [3.05, 3.63) is 157 Å². The number of fused-ring (bicyclic) bond motifs is 9. The maximum atomic E-state index is 15.2. The molecule has 0 aliphatic rings. The standard InChI is InChI=1S/C46H22F4/c47-27-14-25(15-28(48)19-27)42-39-21-36-33-11-5-10-32-31-9-2-1-6-24(31)18-38(44(32)33)37(36)22-40(39)43(26-16-29(49)20-30(50)17-26)46-35-13-4-8-23-7-3-12-34(41(23)35)45(42)46/h1-22H. The van der Waals surface area contributed by atoms with E-state index in [1.165, 1.54) is 24.3 Å². The molecule has 0 saturated carbocycles. The Bertz CT molecular complexity index is 3200. The molecule has 50 heavy (non-hydrogen) atoms. The van der Waals surface area contributed by atoms with Crippen LogP contribution in [0, 0.1) is 23.3 Å². The topological polar surface area (TPSA) is 0 Å². The van der Waals surface area contributed by atoms with E-state index < -0.39 is 23.3 Å². The van der Waals surface area contributed by atoms with E-state index in [0.29, 0.717) is 22.3 Å². The molecule has 11 aromatic rings. The number of rotatable bonds is 2. The number of benzene rings is 9. The van der Waals surface area contributed by atoms with Crippen LogP contribution in [-0.4, -0.2) is 0 Å². The smallest absolute Gasteiger partial charge is 0.126 e. The monoisotopic (exact) mass is 650 g/mol. The fraction of sp³-hybridized carbons (Fsp3) is 0. The summed E-state index contributed by atoms with van der Waals surface area (Å²) in [5, 5.41) is 15.5. The van der Waals surface area contributed by atoms with E-state index in [9.17, 15) is 0 Å². The van der Waals surface area contributed by atoms with Crippen molar-refractivity contribution < 1.29 is 17.6 Å². The third-order valence-electron chi connectivity index (χ3n) is 10.7.